The van der Waals surface area contributed by atoms with Crippen LogP contribution in [0.4, 0.5) is 0 Å². The van der Waals surface area contributed by atoms with E-state index in [1.54, 1.807) is 26.0 Å². The average Bonchev–Trinajstić information content (AvgIpc) is 2.66. The second-order valence-corrected chi connectivity index (χ2v) is 9.26. The van der Waals surface area contributed by atoms with E-state index in [0.29, 0.717) is 11.3 Å². The van der Waals surface area contributed by atoms with Gasteiger partial charge in [0.1, 0.15) is 5.75 Å². The van der Waals surface area contributed by atoms with Crippen molar-refractivity contribution < 1.29 is 17.9 Å². The van der Waals surface area contributed by atoms with E-state index in [0.717, 1.165) is 14.3 Å². The zero-order valence-corrected chi connectivity index (χ0v) is 18.8. The van der Waals surface area contributed by atoms with E-state index >= 15 is 0 Å². The number of hydrogen-bond donors (Lipinski definition) is 1. The second kappa shape index (κ2) is 9.54. The lowest BCUT2D eigenvalue weighted by molar-refractivity contribution is -0.121. The summed E-state index contributed by atoms with van der Waals surface area (Å²) in [6.07, 6.45) is 0. The number of carbonyl (C=O) groups is 1. The number of carbonyl (C=O) groups excluding carboxylic acids is 1. The summed E-state index contributed by atoms with van der Waals surface area (Å²) >= 11 is 3.38. The number of hydrogen-bond acceptors (Lipinski definition) is 4. The number of sulfonamides is 1. The molecule has 0 radical (unpaired) electrons. The van der Waals surface area contributed by atoms with E-state index in [4.69, 9.17) is 4.74 Å². The van der Waals surface area contributed by atoms with E-state index in [2.05, 4.69) is 21.2 Å². The van der Waals surface area contributed by atoms with Crippen molar-refractivity contribution in [2.75, 3.05) is 20.2 Å². The van der Waals surface area contributed by atoms with E-state index in [1.165, 1.54) is 13.2 Å². The molecule has 0 aliphatic carbocycles. The number of amides is 1. The Balaban J connectivity index is 2.12. The maximum absolute atomic E-state index is 12.9. The van der Waals surface area contributed by atoms with Crippen molar-refractivity contribution in [1.29, 1.82) is 0 Å². The van der Waals surface area contributed by atoms with Gasteiger partial charge in [0.05, 0.1) is 24.6 Å². The van der Waals surface area contributed by atoms with E-state index < -0.39 is 10.0 Å². The van der Waals surface area contributed by atoms with Gasteiger partial charge in [-0.1, -0.05) is 35.0 Å². The molecule has 0 saturated carbocycles. The molecule has 0 spiro atoms. The molecular formula is C20H25BrN2O4S. The summed E-state index contributed by atoms with van der Waals surface area (Å²) in [5, 5.41) is 2.85. The fourth-order valence-electron chi connectivity index (χ4n) is 2.81. The van der Waals surface area contributed by atoms with Gasteiger partial charge in [-0.15, -0.1) is 0 Å². The first-order valence-corrected chi connectivity index (χ1v) is 11.1. The molecule has 0 fully saturated rings. The Labute approximate surface area is 175 Å². The van der Waals surface area contributed by atoms with E-state index in [9.17, 15) is 13.2 Å². The van der Waals surface area contributed by atoms with E-state index in [-0.39, 0.29) is 29.9 Å². The zero-order chi connectivity index (χ0) is 20.9. The van der Waals surface area contributed by atoms with Gasteiger partial charge < -0.3 is 10.1 Å². The minimum Gasteiger partial charge on any atom is -0.496 e. The van der Waals surface area contributed by atoms with Crippen LogP contribution in [0.15, 0.2) is 51.8 Å². The Morgan fingerprint density at radius 1 is 1.21 bits per heavy atom. The first kappa shape index (κ1) is 22.4. The second-order valence-electron chi connectivity index (χ2n) is 6.40. The van der Waals surface area contributed by atoms with Crippen LogP contribution in [0.25, 0.3) is 0 Å². The van der Waals surface area contributed by atoms with Gasteiger partial charge >= 0.3 is 0 Å². The molecule has 2 aromatic carbocycles. The standard InChI is InChI=1S/C20H25BrN2O4S/c1-5-23(28(25,26)18-10-11-19(27-4)14(2)12-18)13-20(24)22-15(3)16-6-8-17(21)9-7-16/h6-12,15H,5,13H2,1-4H3,(H,22,24)/t15-/m0/s1. The van der Waals surface area contributed by atoms with Crippen LogP contribution in [-0.4, -0.2) is 38.8 Å². The normalized spacial score (nSPS) is 12.6. The number of aryl methyl sites for hydroxylation is 1. The van der Waals surface area contributed by atoms with Crippen LogP contribution >= 0.6 is 15.9 Å². The molecule has 0 saturated heterocycles. The highest BCUT2D eigenvalue weighted by Gasteiger charge is 2.26. The van der Waals surface area contributed by atoms with Gasteiger partial charge in [-0.25, -0.2) is 8.42 Å². The minimum absolute atomic E-state index is 0.140. The third-order valence-corrected chi connectivity index (χ3v) is 6.87. The number of halogens is 1. The molecule has 0 bridgehead atoms. The SMILES string of the molecule is CCN(CC(=O)N[C@@H](C)c1ccc(Br)cc1)S(=O)(=O)c1ccc(OC)c(C)c1. The number of likely N-dealkylation sites (N-methyl/N-ethyl adjacent to an activating group) is 1. The fraction of sp³-hybridized carbons (Fsp3) is 0.350. The maximum atomic E-state index is 12.9. The predicted octanol–water partition coefficient (Wildman–Crippen LogP) is 3.65. The van der Waals surface area contributed by atoms with Crippen LogP contribution in [-0.2, 0) is 14.8 Å². The lowest BCUT2D eigenvalue weighted by Gasteiger charge is -2.22. The Morgan fingerprint density at radius 2 is 1.86 bits per heavy atom. The highest BCUT2D eigenvalue weighted by molar-refractivity contribution is 9.10. The summed E-state index contributed by atoms with van der Waals surface area (Å²) in [7, 11) is -2.26. The van der Waals surface area contributed by atoms with E-state index in [1.807, 2.05) is 31.2 Å². The van der Waals surface area contributed by atoms with Crippen molar-refractivity contribution in [2.24, 2.45) is 0 Å². The first-order valence-electron chi connectivity index (χ1n) is 8.88. The van der Waals surface area contributed by atoms with Crippen LogP contribution in [0.1, 0.15) is 31.0 Å². The Hall–Kier alpha value is -1.90. The molecule has 0 aromatic heterocycles. The van der Waals surface area contributed by atoms with Crippen molar-refractivity contribution >= 4 is 31.9 Å². The molecule has 8 heteroatoms. The number of benzene rings is 2. The molecule has 0 aliphatic heterocycles. The van der Waals surface area contributed by atoms with Gasteiger partial charge in [-0.3, -0.25) is 4.79 Å². The number of methoxy groups -OCH3 is 1. The summed E-state index contributed by atoms with van der Waals surface area (Å²) in [5.41, 5.74) is 1.65. The van der Waals surface area contributed by atoms with Crippen LogP contribution in [0.3, 0.4) is 0 Å². The lowest BCUT2D eigenvalue weighted by Crippen LogP contribution is -2.41. The van der Waals surface area contributed by atoms with Crippen LogP contribution in [0.5, 0.6) is 5.75 Å². The topological polar surface area (TPSA) is 75.7 Å². The smallest absolute Gasteiger partial charge is 0.243 e. The Kier molecular flexibility index (Phi) is 7.63. The summed E-state index contributed by atoms with van der Waals surface area (Å²) in [6.45, 7) is 5.29. The molecule has 28 heavy (non-hydrogen) atoms. The van der Waals surface area contributed by atoms with Gasteiger partial charge in [-0.05, 0) is 55.3 Å². The maximum Gasteiger partial charge on any atom is 0.243 e. The molecule has 6 nitrogen and oxygen atoms in total. The summed E-state index contributed by atoms with van der Waals surface area (Å²) < 4.78 is 33.2. The van der Waals surface area contributed by atoms with Gasteiger partial charge in [0.25, 0.3) is 0 Å². The monoisotopic (exact) mass is 468 g/mol. The molecular weight excluding hydrogens is 444 g/mol. The van der Waals surface area contributed by atoms with Crippen molar-refractivity contribution in [1.82, 2.24) is 9.62 Å². The zero-order valence-electron chi connectivity index (χ0n) is 16.4. The van der Waals surface area contributed by atoms with Crippen molar-refractivity contribution in [2.45, 2.75) is 31.7 Å². The molecule has 1 N–H and O–H groups in total. The van der Waals surface area contributed by atoms with Crippen molar-refractivity contribution in [3.63, 3.8) is 0 Å². The van der Waals surface area contributed by atoms with Gasteiger partial charge in [0, 0.05) is 11.0 Å². The van der Waals surface area contributed by atoms with Crippen molar-refractivity contribution in [3.8, 4) is 5.75 Å². The molecule has 152 valence electrons. The highest BCUT2D eigenvalue weighted by atomic mass is 79.9. The molecule has 0 aliphatic rings. The minimum atomic E-state index is -3.79. The number of ether oxygens (including phenoxy) is 1. The van der Waals surface area contributed by atoms with Crippen LogP contribution < -0.4 is 10.1 Å². The fourth-order valence-corrected chi connectivity index (χ4v) is 4.56. The lowest BCUT2D eigenvalue weighted by atomic mass is 10.1. The molecule has 0 heterocycles. The molecule has 1 amide bonds. The molecule has 2 rings (SSSR count). The average molecular weight is 469 g/mol. The Morgan fingerprint density at radius 3 is 2.39 bits per heavy atom. The summed E-state index contributed by atoms with van der Waals surface area (Å²) in [6, 6.07) is 12.0. The molecule has 1 atom stereocenters. The van der Waals surface area contributed by atoms with Gasteiger partial charge in [0.2, 0.25) is 15.9 Å². The number of nitrogens with zero attached hydrogens (tertiary/aromatic N) is 1. The summed E-state index contributed by atoms with van der Waals surface area (Å²) in [5.74, 6) is 0.258. The predicted molar refractivity (Wildman–Crippen MR) is 113 cm³/mol. The highest BCUT2D eigenvalue weighted by Crippen LogP contribution is 2.24. The first-order chi connectivity index (χ1) is 13.2. The van der Waals surface area contributed by atoms with Crippen molar-refractivity contribution in [3.05, 3.63) is 58.1 Å². The number of rotatable bonds is 8. The largest absolute Gasteiger partial charge is 0.496 e. The Bertz CT molecular complexity index is 930. The van der Waals surface area contributed by atoms with Gasteiger partial charge in [0.15, 0.2) is 0 Å². The third kappa shape index (κ3) is 5.33. The molecule has 0 unspecified atom stereocenters. The van der Waals surface area contributed by atoms with Gasteiger partial charge in [-0.2, -0.15) is 4.31 Å². The third-order valence-electron chi connectivity index (χ3n) is 4.42. The molecule has 2 aromatic rings. The quantitative estimate of drug-likeness (QED) is 0.641. The van der Waals surface area contributed by atoms with Crippen LogP contribution in [0.2, 0.25) is 0 Å². The summed E-state index contributed by atoms with van der Waals surface area (Å²) in [4.78, 5) is 12.6. The number of nitrogens with one attached hydrogen (secondary N) is 1. The van der Waals surface area contributed by atoms with Crippen LogP contribution in [0, 0.1) is 6.92 Å².